The fourth-order valence-corrected chi connectivity index (χ4v) is 3.62. The topological polar surface area (TPSA) is 145 Å². The van der Waals surface area contributed by atoms with Gasteiger partial charge < -0.3 is 24.4 Å². The van der Waals surface area contributed by atoms with Gasteiger partial charge in [0.2, 0.25) is 0 Å². The number of rotatable bonds is 15. The highest BCUT2D eigenvalue weighted by atomic mass is 16.7. The summed E-state index contributed by atoms with van der Waals surface area (Å²) in [6, 6.07) is 4.99. The van der Waals surface area contributed by atoms with Gasteiger partial charge in [-0.3, -0.25) is 14.9 Å². The Morgan fingerprint density at radius 3 is 2.18 bits per heavy atom. The molecule has 1 aliphatic rings. The van der Waals surface area contributed by atoms with Gasteiger partial charge in [0.05, 0.1) is 18.1 Å². The largest absolute Gasteiger partial charge is 0.514 e. The molecule has 1 atom stereocenters. The van der Waals surface area contributed by atoms with Crippen LogP contribution >= 0.6 is 0 Å². The molecule has 10 heteroatoms. The van der Waals surface area contributed by atoms with Crippen molar-refractivity contribution in [3.8, 4) is 5.75 Å². The number of hydrogen-bond donors (Lipinski definition) is 2. The molecule has 2 rings (SSSR count). The number of aliphatic hydroxyl groups excluding tert-OH is 2. The van der Waals surface area contributed by atoms with Crippen LogP contribution in [-0.2, 0) is 14.3 Å². The monoisotopic (exact) mass is 467 g/mol. The van der Waals surface area contributed by atoms with Crippen LogP contribution in [0.5, 0.6) is 5.75 Å². The van der Waals surface area contributed by atoms with Crippen molar-refractivity contribution < 1.29 is 38.9 Å². The number of non-ortho nitro benzene ring substituents is 1. The van der Waals surface area contributed by atoms with Crippen LogP contribution in [0.3, 0.4) is 0 Å². The van der Waals surface area contributed by atoms with Crippen molar-refractivity contribution in [1.82, 2.24) is 0 Å². The lowest BCUT2D eigenvalue weighted by Gasteiger charge is -2.26. The summed E-state index contributed by atoms with van der Waals surface area (Å²) in [5.74, 6) is -0.535. The quantitative estimate of drug-likeness (QED) is 0.129. The van der Waals surface area contributed by atoms with Gasteiger partial charge in [-0.05, 0) is 37.8 Å². The van der Waals surface area contributed by atoms with Crippen LogP contribution in [0.4, 0.5) is 10.5 Å². The van der Waals surface area contributed by atoms with Crippen molar-refractivity contribution in [3.63, 3.8) is 0 Å². The van der Waals surface area contributed by atoms with Crippen molar-refractivity contribution in [2.45, 2.75) is 76.9 Å². The van der Waals surface area contributed by atoms with E-state index >= 15 is 0 Å². The summed E-state index contributed by atoms with van der Waals surface area (Å²) in [6.45, 7) is 1.11. The Labute approximate surface area is 193 Å². The standard InChI is InChI=1S/C23H33NO9/c1-2-3-4-5-6-7-8-20(23(13-14-23)21(27)31-19(15-25)16-26)33-22(28)32-18-11-9-17(10-12-18)24(29)30/h9-12,19-20,25-26H,2-8,13-16H2,1H3. The zero-order chi connectivity index (χ0) is 24.3. The molecule has 2 N–H and O–H groups in total. The van der Waals surface area contributed by atoms with Gasteiger partial charge in [0.15, 0.2) is 0 Å². The molecule has 0 aromatic heterocycles. The van der Waals surface area contributed by atoms with Crippen LogP contribution in [0.2, 0.25) is 0 Å². The first-order valence-corrected chi connectivity index (χ1v) is 11.4. The van der Waals surface area contributed by atoms with Gasteiger partial charge in [0.25, 0.3) is 5.69 Å². The zero-order valence-corrected chi connectivity index (χ0v) is 18.9. The summed E-state index contributed by atoms with van der Waals surface area (Å²) in [4.78, 5) is 35.4. The summed E-state index contributed by atoms with van der Waals surface area (Å²) in [5.41, 5.74) is -1.17. The third-order valence-corrected chi connectivity index (χ3v) is 5.80. The van der Waals surface area contributed by atoms with E-state index in [2.05, 4.69) is 6.92 Å². The van der Waals surface area contributed by atoms with Crippen LogP contribution < -0.4 is 4.74 Å². The maximum Gasteiger partial charge on any atom is 0.514 e. The number of nitrogens with zero attached hydrogens (tertiary/aromatic N) is 1. The van der Waals surface area contributed by atoms with E-state index in [1.807, 2.05) is 0 Å². The first-order valence-electron chi connectivity index (χ1n) is 11.4. The van der Waals surface area contributed by atoms with Crippen LogP contribution in [0, 0.1) is 15.5 Å². The Hall–Kier alpha value is -2.72. The normalized spacial score (nSPS) is 15.0. The highest BCUT2D eigenvalue weighted by Gasteiger charge is 2.59. The molecule has 0 amide bonds. The third-order valence-electron chi connectivity index (χ3n) is 5.80. The molecule has 1 aromatic carbocycles. The van der Waals surface area contributed by atoms with E-state index in [0.29, 0.717) is 19.3 Å². The molecule has 0 bridgehead atoms. The molecule has 1 fully saturated rings. The molecular weight excluding hydrogens is 434 g/mol. The summed E-state index contributed by atoms with van der Waals surface area (Å²) >= 11 is 0. The average molecular weight is 468 g/mol. The second kappa shape index (κ2) is 13.1. The number of esters is 1. The highest BCUT2D eigenvalue weighted by Crippen LogP contribution is 2.52. The molecule has 0 heterocycles. The fourth-order valence-electron chi connectivity index (χ4n) is 3.62. The van der Waals surface area contributed by atoms with E-state index in [9.17, 15) is 29.9 Å². The van der Waals surface area contributed by atoms with Crippen LogP contribution in [-0.4, -0.2) is 52.7 Å². The van der Waals surface area contributed by atoms with E-state index in [0.717, 1.165) is 38.5 Å². The molecule has 1 aliphatic carbocycles. The van der Waals surface area contributed by atoms with E-state index in [4.69, 9.17) is 14.2 Å². The molecule has 1 aromatic rings. The van der Waals surface area contributed by atoms with Gasteiger partial charge >= 0.3 is 12.1 Å². The van der Waals surface area contributed by atoms with E-state index in [-0.39, 0.29) is 11.4 Å². The number of nitro benzene ring substituents is 1. The molecule has 0 spiro atoms. The Bertz CT molecular complexity index is 773. The lowest BCUT2D eigenvalue weighted by Crippen LogP contribution is -2.39. The molecule has 1 saturated carbocycles. The van der Waals surface area contributed by atoms with Crippen molar-refractivity contribution in [2.24, 2.45) is 5.41 Å². The van der Waals surface area contributed by atoms with Gasteiger partial charge in [-0.2, -0.15) is 0 Å². The van der Waals surface area contributed by atoms with E-state index < -0.39 is 47.9 Å². The van der Waals surface area contributed by atoms with Crippen LogP contribution in [0.25, 0.3) is 0 Å². The first-order chi connectivity index (χ1) is 15.9. The predicted octanol–water partition coefficient (Wildman–Crippen LogP) is 3.91. The minimum Gasteiger partial charge on any atom is -0.457 e. The Balaban J connectivity index is 2.02. The number of hydrogen-bond acceptors (Lipinski definition) is 9. The van der Waals surface area contributed by atoms with Crippen molar-refractivity contribution in [3.05, 3.63) is 34.4 Å². The predicted molar refractivity (Wildman–Crippen MR) is 118 cm³/mol. The smallest absolute Gasteiger partial charge is 0.457 e. The second-order valence-corrected chi connectivity index (χ2v) is 8.31. The van der Waals surface area contributed by atoms with Crippen molar-refractivity contribution >= 4 is 17.8 Å². The fraction of sp³-hybridized carbons (Fsp3) is 0.652. The Morgan fingerprint density at radius 1 is 1.03 bits per heavy atom. The molecule has 0 saturated heterocycles. The minimum atomic E-state index is -1.03. The first kappa shape index (κ1) is 26.5. The van der Waals surface area contributed by atoms with Crippen LogP contribution in [0.1, 0.15) is 64.7 Å². The summed E-state index contributed by atoms with van der Waals surface area (Å²) in [6.07, 6.45) is 4.66. The SMILES string of the molecule is CCCCCCCCC(OC(=O)Oc1ccc([N+](=O)[O-])cc1)C1(C(=O)OC(CO)CO)CC1. The lowest BCUT2D eigenvalue weighted by molar-refractivity contribution is -0.384. The number of aliphatic hydroxyl groups is 2. The maximum atomic E-state index is 12.8. The molecular formula is C23H33NO9. The summed E-state index contributed by atoms with van der Waals surface area (Å²) in [7, 11) is 0. The number of carbonyl (C=O) groups is 2. The van der Waals surface area contributed by atoms with Crippen LogP contribution in [0.15, 0.2) is 24.3 Å². The number of nitro groups is 1. The number of ether oxygens (including phenoxy) is 3. The van der Waals surface area contributed by atoms with Gasteiger partial charge in [-0.25, -0.2) is 4.79 Å². The second-order valence-electron chi connectivity index (χ2n) is 8.31. The Kier molecular flexibility index (Phi) is 10.5. The molecule has 0 aliphatic heterocycles. The van der Waals surface area contributed by atoms with E-state index in [1.165, 1.54) is 24.3 Å². The molecule has 1 unspecified atom stereocenters. The van der Waals surface area contributed by atoms with E-state index in [1.54, 1.807) is 0 Å². The maximum absolute atomic E-state index is 12.8. The summed E-state index contributed by atoms with van der Waals surface area (Å²) < 4.78 is 15.9. The van der Waals surface area contributed by atoms with Gasteiger partial charge in [-0.1, -0.05) is 39.0 Å². The number of carbonyl (C=O) groups excluding carboxylic acids is 2. The lowest BCUT2D eigenvalue weighted by atomic mass is 9.93. The Morgan fingerprint density at radius 2 is 1.64 bits per heavy atom. The molecule has 0 radical (unpaired) electrons. The minimum absolute atomic E-state index is 0.0805. The van der Waals surface area contributed by atoms with Crippen molar-refractivity contribution in [2.75, 3.05) is 13.2 Å². The summed E-state index contributed by atoms with van der Waals surface area (Å²) in [5, 5.41) is 29.2. The highest BCUT2D eigenvalue weighted by molar-refractivity contribution is 5.81. The van der Waals surface area contributed by atoms with Gasteiger partial charge in [0.1, 0.15) is 23.4 Å². The average Bonchev–Trinajstić information content (AvgIpc) is 3.61. The molecule has 10 nitrogen and oxygen atoms in total. The number of unbranched alkanes of at least 4 members (excludes halogenated alkanes) is 5. The van der Waals surface area contributed by atoms with Gasteiger partial charge in [0, 0.05) is 12.1 Å². The van der Waals surface area contributed by atoms with Gasteiger partial charge in [-0.15, -0.1) is 0 Å². The third kappa shape index (κ3) is 7.97. The number of benzene rings is 1. The molecule has 184 valence electrons. The molecule has 33 heavy (non-hydrogen) atoms. The van der Waals surface area contributed by atoms with Crippen molar-refractivity contribution in [1.29, 1.82) is 0 Å². The zero-order valence-electron chi connectivity index (χ0n) is 18.9.